The lowest BCUT2D eigenvalue weighted by Crippen LogP contribution is -1.92. The first-order valence-corrected chi connectivity index (χ1v) is 3.23. The average Bonchev–Trinajstić information content (AvgIpc) is 2.05. The fraction of sp³-hybridized carbons (Fsp3) is 0. The van der Waals surface area contributed by atoms with Gasteiger partial charge in [0.2, 0.25) is 0 Å². The zero-order valence-corrected chi connectivity index (χ0v) is 6.45. The topological polar surface area (TPSA) is 79.8 Å². The van der Waals surface area contributed by atoms with Crippen LogP contribution >= 0.6 is 11.6 Å². The third kappa shape index (κ3) is 1.49. The van der Waals surface area contributed by atoms with Crippen LogP contribution in [0.1, 0.15) is 5.56 Å². The van der Waals surface area contributed by atoms with Crippen LogP contribution in [0.5, 0.6) is 0 Å². The van der Waals surface area contributed by atoms with E-state index in [-0.39, 0.29) is 16.4 Å². The minimum absolute atomic E-state index is 0.0540. The number of nitrogens with zero attached hydrogens (tertiary/aromatic N) is 3. The van der Waals surface area contributed by atoms with E-state index in [9.17, 15) is 10.1 Å². The molecule has 0 saturated heterocycles. The van der Waals surface area contributed by atoms with Gasteiger partial charge in [0, 0.05) is 0 Å². The summed E-state index contributed by atoms with van der Waals surface area (Å²) in [5, 5.41) is 18.7. The number of halogens is 1. The fourth-order valence-electron chi connectivity index (χ4n) is 0.613. The molecule has 0 N–H and O–H groups in total. The fourth-order valence-corrected chi connectivity index (χ4v) is 0.759. The molecule has 60 valence electrons. The van der Waals surface area contributed by atoms with Crippen molar-refractivity contribution in [3.8, 4) is 6.07 Å². The highest BCUT2D eigenvalue weighted by atomic mass is 35.5. The van der Waals surface area contributed by atoms with Crippen LogP contribution in [0.25, 0.3) is 0 Å². The Morgan fingerprint density at radius 1 is 1.75 bits per heavy atom. The van der Waals surface area contributed by atoms with Gasteiger partial charge in [0.05, 0.1) is 11.6 Å². The molecule has 0 atom stereocenters. The summed E-state index contributed by atoms with van der Waals surface area (Å²) in [6.07, 6.45) is 1.08. The summed E-state index contributed by atoms with van der Waals surface area (Å²) >= 11 is 5.49. The van der Waals surface area contributed by atoms with Crippen LogP contribution in [0, 0.1) is 21.4 Å². The molecular formula is C6H2ClN3O2. The molecule has 1 rings (SSSR count). The molecule has 0 saturated carbocycles. The molecule has 0 aliphatic carbocycles. The maximum atomic E-state index is 10.2. The summed E-state index contributed by atoms with van der Waals surface area (Å²) in [6, 6.07) is 2.74. The smallest absolute Gasteiger partial charge is 0.358 e. The molecule has 0 unspecified atom stereocenters. The van der Waals surface area contributed by atoms with E-state index in [0.29, 0.717) is 0 Å². The van der Waals surface area contributed by atoms with E-state index in [4.69, 9.17) is 16.9 Å². The van der Waals surface area contributed by atoms with Crippen LogP contribution in [0.15, 0.2) is 12.3 Å². The maximum Gasteiger partial charge on any atom is 0.364 e. The quantitative estimate of drug-likeness (QED) is 0.488. The molecule has 0 aliphatic rings. The highest BCUT2D eigenvalue weighted by molar-refractivity contribution is 6.31. The van der Waals surface area contributed by atoms with Crippen LogP contribution < -0.4 is 0 Å². The molecule has 12 heavy (non-hydrogen) atoms. The lowest BCUT2D eigenvalue weighted by atomic mass is 10.3. The van der Waals surface area contributed by atoms with Crippen LogP contribution in [0.2, 0.25) is 5.02 Å². The van der Waals surface area contributed by atoms with E-state index in [1.807, 2.05) is 0 Å². The van der Waals surface area contributed by atoms with Crippen molar-refractivity contribution in [1.82, 2.24) is 4.98 Å². The normalized spacial score (nSPS) is 9.00. The Morgan fingerprint density at radius 3 is 2.92 bits per heavy atom. The van der Waals surface area contributed by atoms with Crippen molar-refractivity contribution in [3.05, 3.63) is 33.0 Å². The molecule has 0 aliphatic heterocycles. The van der Waals surface area contributed by atoms with E-state index < -0.39 is 4.92 Å². The second-order valence-electron chi connectivity index (χ2n) is 1.89. The SMILES string of the molecule is N#Cc1cc([N+](=O)[O-])ncc1Cl. The highest BCUT2D eigenvalue weighted by Gasteiger charge is 2.10. The number of nitro groups is 1. The summed E-state index contributed by atoms with van der Waals surface area (Å²) in [5.41, 5.74) is 0.0540. The summed E-state index contributed by atoms with van der Waals surface area (Å²) in [4.78, 5) is 12.9. The van der Waals surface area contributed by atoms with Gasteiger partial charge < -0.3 is 10.1 Å². The van der Waals surface area contributed by atoms with Crippen molar-refractivity contribution in [2.75, 3.05) is 0 Å². The Balaban J connectivity index is 3.25. The second-order valence-corrected chi connectivity index (χ2v) is 2.30. The van der Waals surface area contributed by atoms with Crippen molar-refractivity contribution in [3.63, 3.8) is 0 Å². The molecule has 5 nitrogen and oxygen atoms in total. The third-order valence-corrected chi connectivity index (χ3v) is 1.45. The predicted molar refractivity (Wildman–Crippen MR) is 40.6 cm³/mol. The third-order valence-electron chi connectivity index (χ3n) is 1.15. The van der Waals surface area contributed by atoms with Crippen molar-refractivity contribution in [2.45, 2.75) is 0 Å². The zero-order valence-electron chi connectivity index (χ0n) is 5.69. The largest absolute Gasteiger partial charge is 0.364 e. The molecule has 6 heteroatoms. The Kier molecular flexibility index (Phi) is 2.21. The first-order chi connectivity index (χ1) is 5.65. The maximum absolute atomic E-state index is 10.2. The number of hydrogen-bond donors (Lipinski definition) is 0. The van der Waals surface area contributed by atoms with Crippen LogP contribution in [0.3, 0.4) is 0 Å². The predicted octanol–water partition coefficient (Wildman–Crippen LogP) is 1.51. The van der Waals surface area contributed by atoms with E-state index in [1.54, 1.807) is 6.07 Å². The van der Waals surface area contributed by atoms with Crippen LogP contribution in [-0.4, -0.2) is 9.91 Å². The van der Waals surface area contributed by atoms with Gasteiger partial charge in [0.15, 0.2) is 6.20 Å². The van der Waals surface area contributed by atoms with Gasteiger partial charge in [-0.25, -0.2) is 0 Å². The number of nitriles is 1. The molecular weight excluding hydrogens is 182 g/mol. The van der Waals surface area contributed by atoms with Gasteiger partial charge in [-0.1, -0.05) is 11.6 Å². The van der Waals surface area contributed by atoms with Gasteiger partial charge in [0.25, 0.3) is 0 Å². The molecule has 0 aromatic carbocycles. The standard InChI is InChI=1S/C6H2ClN3O2/c7-5-3-9-6(10(11)12)1-4(5)2-8/h1,3H. The summed E-state index contributed by atoms with van der Waals surface area (Å²) in [6.45, 7) is 0. The Labute approximate surface area is 72.4 Å². The lowest BCUT2D eigenvalue weighted by Gasteiger charge is -1.92. The van der Waals surface area contributed by atoms with E-state index in [2.05, 4.69) is 4.98 Å². The molecule has 0 amide bonds. The molecule has 1 aromatic rings. The molecule has 0 spiro atoms. The van der Waals surface area contributed by atoms with Crippen molar-refractivity contribution in [2.24, 2.45) is 0 Å². The Morgan fingerprint density at radius 2 is 2.42 bits per heavy atom. The molecule has 0 bridgehead atoms. The minimum atomic E-state index is -0.683. The molecule has 0 radical (unpaired) electrons. The molecule has 1 heterocycles. The van der Waals surface area contributed by atoms with Crippen molar-refractivity contribution >= 4 is 17.4 Å². The van der Waals surface area contributed by atoms with Crippen molar-refractivity contribution in [1.29, 1.82) is 5.26 Å². The lowest BCUT2D eigenvalue weighted by molar-refractivity contribution is -0.389. The number of hydrogen-bond acceptors (Lipinski definition) is 4. The van der Waals surface area contributed by atoms with Crippen LogP contribution in [-0.2, 0) is 0 Å². The van der Waals surface area contributed by atoms with Gasteiger partial charge in [-0.2, -0.15) is 5.26 Å². The molecule has 0 fully saturated rings. The van der Waals surface area contributed by atoms with Crippen LogP contribution in [0.4, 0.5) is 5.82 Å². The van der Waals surface area contributed by atoms with E-state index in [1.165, 1.54) is 0 Å². The number of aromatic nitrogens is 1. The van der Waals surface area contributed by atoms with Gasteiger partial charge >= 0.3 is 5.82 Å². The zero-order chi connectivity index (χ0) is 9.14. The average molecular weight is 184 g/mol. The molecule has 1 aromatic heterocycles. The van der Waals surface area contributed by atoms with E-state index in [0.717, 1.165) is 12.3 Å². The Hall–Kier alpha value is -1.67. The van der Waals surface area contributed by atoms with E-state index >= 15 is 0 Å². The minimum Gasteiger partial charge on any atom is -0.358 e. The van der Waals surface area contributed by atoms with Crippen molar-refractivity contribution < 1.29 is 4.92 Å². The number of rotatable bonds is 1. The highest BCUT2D eigenvalue weighted by Crippen LogP contribution is 2.17. The summed E-state index contributed by atoms with van der Waals surface area (Å²) in [5.74, 6) is -0.379. The van der Waals surface area contributed by atoms with Gasteiger partial charge in [-0.15, -0.1) is 0 Å². The second kappa shape index (κ2) is 3.15. The number of pyridine rings is 1. The Bertz CT molecular complexity index is 372. The first-order valence-electron chi connectivity index (χ1n) is 2.85. The van der Waals surface area contributed by atoms with Gasteiger partial charge in [-0.05, 0) is 9.91 Å². The summed E-state index contributed by atoms with van der Waals surface area (Å²) < 4.78 is 0. The first kappa shape index (κ1) is 8.43. The summed E-state index contributed by atoms with van der Waals surface area (Å²) in [7, 11) is 0. The van der Waals surface area contributed by atoms with Gasteiger partial charge in [0.1, 0.15) is 11.1 Å². The monoisotopic (exact) mass is 183 g/mol. The van der Waals surface area contributed by atoms with Gasteiger partial charge in [-0.3, -0.25) is 0 Å².